The maximum atomic E-state index is 5.89. The number of rotatable bonds is 2. The van der Waals surface area contributed by atoms with E-state index in [1.165, 1.54) is 10.2 Å². The second kappa shape index (κ2) is 5.84. The highest BCUT2D eigenvalue weighted by molar-refractivity contribution is 7.16. The first-order valence-electron chi connectivity index (χ1n) is 6.54. The molecule has 21 heavy (non-hydrogen) atoms. The fourth-order valence-electron chi connectivity index (χ4n) is 2.04. The van der Waals surface area contributed by atoms with E-state index >= 15 is 0 Å². The van der Waals surface area contributed by atoms with Crippen LogP contribution in [0.25, 0.3) is 10.2 Å². The van der Waals surface area contributed by atoms with E-state index < -0.39 is 0 Å². The average molecular weight is 316 g/mol. The average Bonchev–Trinajstić information content (AvgIpc) is 2.82. The number of nitrogens with zero attached hydrogens (tertiary/aromatic N) is 3. The topological polar surface area (TPSA) is 29.6 Å². The van der Waals surface area contributed by atoms with Crippen LogP contribution in [0.1, 0.15) is 12.5 Å². The zero-order valence-electron chi connectivity index (χ0n) is 11.7. The molecule has 0 spiro atoms. The van der Waals surface area contributed by atoms with Crippen molar-refractivity contribution in [2.45, 2.75) is 6.92 Å². The fourth-order valence-corrected chi connectivity index (χ4v) is 3.14. The van der Waals surface area contributed by atoms with Gasteiger partial charge in [0.05, 0.1) is 15.9 Å². The van der Waals surface area contributed by atoms with Gasteiger partial charge in [0.15, 0.2) is 0 Å². The first kappa shape index (κ1) is 14.0. The van der Waals surface area contributed by atoms with Crippen LogP contribution in [0, 0.1) is 0 Å². The van der Waals surface area contributed by atoms with Gasteiger partial charge in [-0.05, 0) is 36.8 Å². The molecule has 0 N–H and O–H groups in total. The number of hydrogen-bond acceptors (Lipinski definition) is 3. The third kappa shape index (κ3) is 2.91. The number of halogens is 1. The van der Waals surface area contributed by atoms with Crippen LogP contribution in [0.3, 0.4) is 0 Å². The molecule has 0 unspecified atom stereocenters. The maximum Gasteiger partial charge on any atom is 0.211 e. The van der Waals surface area contributed by atoms with E-state index in [1.807, 2.05) is 50.4 Å². The molecule has 3 nitrogen and oxygen atoms in total. The summed E-state index contributed by atoms with van der Waals surface area (Å²) in [5.74, 6) is 0. The van der Waals surface area contributed by atoms with Crippen molar-refractivity contribution < 1.29 is 0 Å². The number of thiazole rings is 1. The van der Waals surface area contributed by atoms with Crippen LogP contribution in [-0.2, 0) is 7.05 Å². The fraction of sp³-hybridized carbons (Fsp3) is 0.125. The number of fused-ring (bicyclic) bond motifs is 1. The molecule has 3 aromatic rings. The zero-order valence-corrected chi connectivity index (χ0v) is 13.3. The quantitative estimate of drug-likeness (QED) is 0.501. The summed E-state index contributed by atoms with van der Waals surface area (Å²) in [4.78, 5) is 0.879. The molecule has 0 bridgehead atoms. The SMILES string of the molecule is C/C(=N\N=c1/sc2ccccc2n1C)c1ccc(Cl)cc1. The Hall–Kier alpha value is -1.91. The Labute approximate surface area is 131 Å². The second-order valence-electron chi connectivity index (χ2n) is 4.70. The minimum Gasteiger partial charge on any atom is -0.318 e. The Balaban J connectivity index is 2.02. The van der Waals surface area contributed by atoms with Crippen molar-refractivity contribution in [3.8, 4) is 0 Å². The van der Waals surface area contributed by atoms with Crippen molar-refractivity contribution >= 4 is 38.9 Å². The van der Waals surface area contributed by atoms with E-state index in [-0.39, 0.29) is 0 Å². The van der Waals surface area contributed by atoms with E-state index in [2.05, 4.69) is 26.9 Å². The lowest BCUT2D eigenvalue weighted by Gasteiger charge is -1.98. The molecule has 3 rings (SSSR count). The van der Waals surface area contributed by atoms with Crippen LogP contribution in [0.4, 0.5) is 0 Å². The summed E-state index contributed by atoms with van der Waals surface area (Å²) in [5, 5.41) is 9.44. The lowest BCUT2D eigenvalue weighted by atomic mass is 10.1. The van der Waals surface area contributed by atoms with Crippen LogP contribution in [-0.4, -0.2) is 10.3 Å². The predicted octanol–water partition coefficient (Wildman–Crippen LogP) is 4.22. The zero-order chi connectivity index (χ0) is 14.8. The van der Waals surface area contributed by atoms with Gasteiger partial charge in [-0.3, -0.25) is 0 Å². The number of para-hydroxylation sites is 1. The third-order valence-corrected chi connectivity index (χ3v) is 4.62. The monoisotopic (exact) mass is 315 g/mol. The molecule has 0 atom stereocenters. The van der Waals surface area contributed by atoms with Gasteiger partial charge in [0, 0.05) is 12.1 Å². The molecule has 0 fully saturated rings. The number of hydrogen-bond donors (Lipinski definition) is 0. The van der Waals surface area contributed by atoms with E-state index in [0.29, 0.717) is 0 Å². The summed E-state index contributed by atoms with van der Waals surface area (Å²) < 4.78 is 3.26. The lowest BCUT2D eigenvalue weighted by molar-refractivity contribution is 0.888. The molecule has 0 aliphatic heterocycles. The van der Waals surface area contributed by atoms with Crippen molar-refractivity contribution in [1.82, 2.24) is 4.57 Å². The molecule has 0 aliphatic carbocycles. The van der Waals surface area contributed by atoms with Crippen molar-refractivity contribution in [3.63, 3.8) is 0 Å². The van der Waals surface area contributed by atoms with Crippen molar-refractivity contribution in [1.29, 1.82) is 0 Å². The molecule has 0 saturated heterocycles. The summed E-state index contributed by atoms with van der Waals surface area (Å²) in [6.45, 7) is 1.94. The Bertz CT molecular complexity index is 872. The van der Waals surface area contributed by atoms with Crippen LogP contribution in [0.5, 0.6) is 0 Å². The smallest absolute Gasteiger partial charge is 0.211 e. The molecule has 0 saturated carbocycles. The van der Waals surface area contributed by atoms with Gasteiger partial charge in [0.25, 0.3) is 0 Å². The van der Waals surface area contributed by atoms with E-state index in [9.17, 15) is 0 Å². The Kier molecular flexibility index (Phi) is 3.90. The third-order valence-electron chi connectivity index (χ3n) is 3.26. The van der Waals surface area contributed by atoms with Gasteiger partial charge in [-0.1, -0.05) is 47.2 Å². The molecule has 0 amide bonds. The number of aromatic nitrogens is 1. The van der Waals surface area contributed by atoms with Crippen LogP contribution >= 0.6 is 22.9 Å². The summed E-state index contributed by atoms with van der Waals surface area (Å²) in [5.41, 5.74) is 3.05. The van der Waals surface area contributed by atoms with Crippen LogP contribution in [0.2, 0.25) is 5.02 Å². The van der Waals surface area contributed by atoms with E-state index in [0.717, 1.165) is 21.1 Å². The Morgan fingerprint density at radius 1 is 1.10 bits per heavy atom. The van der Waals surface area contributed by atoms with Crippen LogP contribution in [0.15, 0.2) is 58.7 Å². The van der Waals surface area contributed by atoms with Gasteiger partial charge in [-0.25, -0.2) is 0 Å². The first-order valence-corrected chi connectivity index (χ1v) is 7.73. The highest BCUT2D eigenvalue weighted by Crippen LogP contribution is 2.15. The van der Waals surface area contributed by atoms with Gasteiger partial charge < -0.3 is 4.57 Å². The summed E-state index contributed by atoms with van der Waals surface area (Å²) in [6.07, 6.45) is 0. The summed E-state index contributed by atoms with van der Waals surface area (Å²) >= 11 is 7.52. The van der Waals surface area contributed by atoms with E-state index in [1.54, 1.807) is 11.3 Å². The molecule has 1 heterocycles. The standard InChI is InChI=1S/C16H14ClN3S/c1-11(12-7-9-13(17)10-8-12)18-19-16-20(2)14-5-3-4-6-15(14)21-16/h3-10H,1-2H3/b18-11+,19-16-. The van der Waals surface area contributed by atoms with Gasteiger partial charge in [-0.2, -0.15) is 5.10 Å². The normalized spacial score (nSPS) is 13.1. The van der Waals surface area contributed by atoms with Crippen molar-refractivity contribution in [2.75, 3.05) is 0 Å². The highest BCUT2D eigenvalue weighted by atomic mass is 35.5. The molecule has 5 heteroatoms. The molecule has 0 aliphatic rings. The van der Waals surface area contributed by atoms with Crippen molar-refractivity contribution in [2.24, 2.45) is 17.3 Å². The summed E-state index contributed by atoms with van der Waals surface area (Å²) in [6, 6.07) is 15.8. The van der Waals surface area contributed by atoms with Gasteiger partial charge >= 0.3 is 0 Å². The molecule has 106 valence electrons. The molecule has 1 aromatic heterocycles. The molecule has 2 aromatic carbocycles. The predicted molar refractivity (Wildman–Crippen MR) is 90.0 cm³/mol. The largest absolute Gasteiger partial charge is 0.318 e. The highest BCUT2D eigenvalue weighted by Gasteiger charge is 2.01. The first-order chi connectivity index (χ1) is 10.1. The minimum absolute atomic E-state index is 0.722. The maximum absolute atomic E-state index is 5.89. The Morgan fingerprint density at radius 2 is 1.81 bits per heavy atom. The molecule has 0 radical (unpaired) electrons. The van der Waals surface area contributed by atoms with Gasteiger partial charge in [-0.15, -0.1) is 5.10 Å². The minimum atomic E-state index is 0.722. The Morgan fingerprint density at radius 3 is 2.52 bits per heavy atom. The second-order valence-corrected chi connectivity index (χ2v) is 6.15. The lowest BCUT2D eigenvalue weighted by Crippen LogP contribution is -2.09. The summed E-state index contributed by atoms with van der Waals surface area (Å²) in [7, 11) is 2.00. The van der Waals surface area contributed by atoms with Crippen molar-refractivity contribution in [3.05, 3.63) is 63.9 Å². The molecular weight excluding hydrogens is 302 g/mol. The van der Waals surface area contributed by atoms with E-state index in [4.69, 9.17) is 11.6 Å². The van der Waals surface area contributed by atoms with Crippen LogP contribution < -0.4 is 4.80 Å². The number of aryl methyl sites for hydroxylation is 1. The van der Waals surface area contributed by atoms with Gasteiger partial charge in [0.2, 0.25) is 4.80 Å². The molecular formula is C16H14ClN3S. The number of benzene rings is 2. The van der Waals surface area contributed by atoms with Gasteiger partial charge in [0.1, 0.15) is 0 Å².